The standard InChI is InChI=1S/C11H15NO4/c13-6-2-1-3-7-16-10-8-12-5-4-9(10)11(14)15/h4-5,8,13H,1-3,6-7H2,(H,14,15). The van der Waals surface area contributed by atoms with Crippen molar-refractivity contribution in [2.75, 3.05) is 13.2 Å². The average molecular weight is 225 g/mol. The second kappa shape index (κ2) is 6.79. The van der Waals surface area contributed by atoms with Crippen LogP contribution >= 0.6 is 0 Å². The van der Waals surface area contributed by atoms with Gasteiger partial charge in [-0.3, -0.25) is 4.98 Å². The van der Waals surface area contributed by atoms with Gasteiger partial charge in [-0.25, -0.2) is 4.79 Å². The van der Waals surface area contributed by atoms with Crippen molar-refractivity contribution in [1.82, 2.24) is 4.98 Å². The highest BCUT2D eigenvalue weighted by atomic mass is 16.5. The molecule has 88 valence electrons. The lowest BCUT2D eigenvalue weighted by molar-refractivity contribution is 0.0692. The smallest absolute Gasteiger partial charge is 0.339 e. The Hall–Kier alpha value is -1.62. The van der Waals surface area contributed by atoms with Crippen molar-refractivity contribution in [3.8, 4) is 5.75 Å². The lowest BCUT2D eigenvalue weighted by atomic mass is 10.2. The molecule has 1 aromatic heterocycles. The zero-order valence-electron chi connectivity index (χ0n) is 8.93. The third kappa shape index (κ3) is 3.86. The van der Waals surface area contributed by atoms with Crippen LogP contribution in [0.3, 0.4) is 0 Å². The quantitative estimate of drug-likeness (QED) is 0.684. The van der Waals surface area contributed by atoms with Crippen LogP contribution in [-0.2, 0) is 0 Å². The molecule has 0 unspecified atom stereocenters. The predicted molar refractivity (Wildman–Crippen MR) is 57.6 cm³/mol. The number of carboxylic acids is 1. The summed E-state index contributed by atoms with van der Waals surface area (Å²) >= 11 is 0. The third-order valence-corrected chi connectivity index (χ3v) is 2.07. The number of carbonyl (C=O) groups is 1. The minimum absolute atomic E-state index is 0.122. The van der Waals surface area contributed by atoms with Crippen LogP contribution in [0.15, 0.2) is 18.5 Å². The fraction of sp³-hybridized carbons (Fsp3) is 0.455. The normalized spacial score (nSPS) is 10.1. The van der Waals surface area contributed by atoms with Crippen LogP contribution < -0.4 is 4.74 Å². The van der Waals surface area contributed by atoms with E-state index in [2.05, 4.69) is 4.98 Å². The van der Waals surface area contributed by atoms with Crippen LogP contribution in [0.2, 0.25) is 0 Å². The van der Waals surface area contributed by atoms with E-state index in [0.29, 0.717) is 12.4 Å². The number of carboxylic acid groups (broad SMARTS) is 1. The van der Waals surface area contributed by atoms with Gasteiger partial charge in [0.15, 0.2) is 5.75 Å². The van der Waals surface area contributed by atoms with Crippen LogP contribution in [0, 0.1) is 0 Å². The van der Waals surface area contributed by atoms with Crippen molar-refractivity contribution in [3.05, 3.63) is 24.0 Å². The molecule has 0 fully saturated rings. The molecule has 5 heteroatoms. The first-order valence-corrected chi connectivity index (χ1v) is 5.16. The second-order valence-electron chi connectivity index (χ2n) is 3.31. The first-order chi connectivity index (χ1) is 7.75. The topological polar surface area (TPSA) is 79.7 Å². The van der Waals surface area contributed by atoms with Gasteiger partial charge in [-0.05, 0) is 25.3 Å². The number of hydrogen-bond acceptors (Lipinski definition) is 4. The highest BCUT2D eigenvalue weighted by molar-refractivity contribution is 5.90. The molecule has 1 aromatic rings. The van der Waals surface area contributed by atoms with E-state index in [1.165, 1.54) is 18.5 Å². The molecule has 0 aromatic carbocycles. The summed E-state index contributed by atoms with van der Waals surface area (Å²) in [5.74, 6) is -0.730. The van der Waals surface area contributed by atoms with Gasteiger partial charge < -0.3 is 14.9 Å². The second-order valence-corrected chi connectivity index (χ2v) is 3.31. The average Bonchev–Trinajstić information content (AvgIpc) is 2.29. The molecule has 0 saturated heterocycles. The Morgan fingerprint density at radius 2 is 2.19 bits per heavy atom. The zero-order chi connectivity index (χ0) is 11.8. The van der Waals surface area contributed by atoms with E-state index < -0.39 is 5.97 Å². The molecule has 0 bridgehead atoms. The molecule has 0 atom stereocenters. The summed E-state index contributed by atoms with van der Waals surface area (Å²) in [6, 6.07) is 1.41. The molecule has 0 radical (unpaired) electrons. The fourth-order valence-electron chi connectivity index (χ4n) is 1.24. The maximum Gasteiger partial charge on any atom is 0.339 e. The summed E-state index contributed by atoms with van der Waals surface area (Å²) in [4.78, 5) is 14.6. The zero-order valence-corrected chi connectivity index (χ0v) is 8.93. The molecule has 1 rings (SSSR count). The number of unbranched alkanes of at least 4 members (excludes halogenated alkanes) is 2. The summed E-state index contributed by atoms with van der Waals surface area (Å²) in [7, 11) is 0. The number of aromatic nitrogens is 1. The highest BCUT2D eigenvalue weighted by Crippen LogP contribution is 2.16. The summed E-state index contributed by atoms with van der Waals surface area (Å²) in [6.07, 6.45) is 5.20. The molecule has 0 spiro atoms. The van der Waals surface area contributed by atoms with Crippen molar-refractivity contribution in [1.29, 1.82) is 0 Å². The van der Waals surface area contributed by atoms with Gasteiger partial charge in [0.2, 0.25) is 0 Å². The van der Waals surface area contributed by atoms with E-state index in [-0.39, 0.29) is 12.2 Å². The fourth-order valence-corrected chi connectivity index (χ4v) is 1.24. The van der Waals surface area contributed by atoms with Gasteiger partial charge in [0.1, 0.15) is 5.56 Å². The van der Waals surface area contributed by atoms with E-state index in [9.17, 15) is 4.79 Å². The first-order valence-electron chi connectivity index (χ1n) is 5.16. The Kier molecular flexibility index (Phi) is 5.28. The third-order valence-electron chi connectivity index (χ3n) is 2.07. The number of aromatic carboxylic acids is 1. The van der Waals surface area contributed by atoms with Gasteiger partial charge in [0, 0.05) is 12.8 Å². The van der Waals surface area contributed by atoms with Gasteiger partial charge in [0.25, 0.3) is 0 Å². The van der Waals surface area contributed by atoms with E-state index in [4.69, 9.17) is 14.9 Å². The van der Waals surface area contributed by atoms with Crippen LogP contribution in [-0.4, -0.2) is 34.4 Å². The molecule has 0 saturated carbocycles. The van der Waals surface area contributed by atoms with Gasteiger partial charge in [0.05, 0.1) is 12.8 Å². The molecule has 0 aliphatic rings. The van der Waals surface area contributed by atoms with Crippen LogP contribution in [0.5, 0.6) is 5.75 Å². The SMILES string of the molecule is O=C(O)c1ccncc1OCCCCCO. The van der Waals surface area contributed by atoms with Crippen LogP contribution in [0.4, 0.5) is 0 Å². The minimum Gasteiger partial charge on any atom is -0.491 e. The van der Waals surface area contributed by atoms with E-state index >= 15 is 0 Å². The van der Waals surface area contributed by atoms with Gasteiger partial charge >= 0.3 is 5.97 Å². The number of ether oxygens (including phenoxy) is 1. The maximum atomic E-state index is 10.8. The number of pyridine rings is 1. The van der Waals surface area contributed by atoms with E-state index in [0.717, 1.165) is 19.3 Å². The Morgan fingerprint density at radius 1 is 1.38 bits per heavy atom. The van der Waals surface area contributed by atoms with Gasteiger partial charge in [-0.15, -0.1) is 0 Å². The number of aliphatic hydroxyl groups excluding tert-OH is 1. The van der Waals surface area contributed by atoms with Crippen molar-refractivity contribution in [2.45, 2.75) is 19.3 Å². The lowest BCUT2D eigenvalue weighted by Crippen LogP contribution is -2.05. The van der Waals surface area contributed by atoms with Gasteiger partial charge in [-0.2, -0.15) is 0 Å². The van der Waals surface area contributed by atoms with Crippen LogP contribution in [0.1, 0.15) is 29.6 Å². The molecular weight excluding hydrogens is 210 g/mol. The van der Waals surface area contributed by atoms with Crippen molar-refractivity contribution in [2.24, 2.45) is 0 Å². The predicted octanol–water partition coefficient (Wildman–Crippen LogP) is 1.32. The van der Waals surface area contributed by atoms with Crippen LogP contribution in [0.25, 0.3) is 0 Å². The molecular formula is C11H15NO4. The number of aliphatic hydroxyl groups is 1. The minimum atomic E-state index is -1.02. The largest absolute Gasteiger partial charge is 0.491 e. The Labute approximate surface area is 93.7 Å². The number of hydrogen-bond donors (Lipinski definition) is 2. The summed E-state index contributed by atoms with van der Waals surface area (Å²) < 4.78 is 5.32. The molecule has 5 nitrogen and oxygen atoms in total. The molecule has 2 N–H and O–H groups in total. The van der Waals surface area contributed by atoms with Crippen molar-refractivity contribution >= 4 is 5.97 Å². The summed E-state index contributed by atoms with van der Waals surface area (Å²) in [6.45, 7) is 0.610. The molecule has 0 aliphatic heterocycles. The summed E-state index contributed by atoms with van der Waals surface area (Å²) in [5.41, 5.74) is 0.122. The number of nitrogens with zero attached hydrogens (tertiary/aromatic N) is 1. The van der Waals surface area contributed by atoms with Gasteiger partial charge in [-0.1, -0.05) is 0 Å². The maximum absolute atomic E-state index is 10.8. The monoisotopic (exact) mass is 225 g/mol. The lowest BCUT2D eigenvalue weighted by Gasteiger charge is -2.07. The molecule has 0 amide bonds. The van der Waals surface area contributed by atoms with Crippen molar-refractivity contribution in [3.63, 3.8) is 0 Å². The molecule has 1 heterocycles. The summed E-state index contributed by atoms with van der Waals surface area (Å²) in [5, 5.41) is 17.4. The Balaban J connectivity index is 2.44. The van der Waals surface area contributed by atoms with Crippen molar-refractivity contribution < 1.29 is 19.7 Å². The Bertz CT molecular complexity index is 341. The highest BCUT2D eigenvalue weighted by Gasteiger charge is 2.10. The Morgan fingerprint density at radius 3 is 2.88 bits per heavy atom. The van der Waals surface area contributed by atoms with E-state index in [1.54, 1.807) is 0 Å². The molecule has 0 aliphatic carbocycles. The first kappa shape index (κ1) is 12.4. The molecule has 16 heavy (non-hydrogen) atoms. The van der Waals surface area contributed by atoms with E-state index in [1.807, 2.05) is 0 Å². The number of rotatable bonds is 7.